The molecular formula is C15H23N5OS. The van der Waals surface area contributed by atoms with Gasteiger partial charge in [0.15, 0.2) is 0 Å². The third-order valence-electron chi connectivity index (χ3n) is 4.28. The van der Waals surface area contributed by atoms with Crippen LogP contribution in [0.15, 0.2) is 12.4 Å². The molecule has 0 N–H and O–H groups in total. The molecule has 3 rings (SSSR count). The van der Waals surface area contributed by atoms with Crippen LogP contribution in [0.25, 0.3) is 0 Å². The lowest BCUT2D eigenvalue weighted by Crippen LogP contribution is -2.42. The molecule has 120 valence electrons. The summed E-state index contributed by atoms with van der Waals surface area (Å²) >= 11 is 1.93. The first-order chi connectivity index (χ1) is 10.6. The molecule has 1 unspecified atom stereocenters. The number of nitrogens with zero attached hydrogens (tertiary/aromatic N) is 5. The van der Waals surface area contributed by atoms with Crippen molar-refractivity contribution in [3.63, 3.8) is 0 Å². The molecule has 2 fully saturated rings. The van der Waals surface area contributed by atoms with Gasteiger partial charge < -0.3 is 14.7 Å². The van der Waals surface area contributed by atoms with Crippen molar-refractivity contribution in [2.45, 2.75) is 6.42 Å². The van der Waals surface area contributed by atoms with E-state index in [1.165, 1.54) is 0 Å². The van der Waals surface area contributed by atoms with Crippen LogP contribution >= 0.6 is 11.8 Å². The quantitative estimate of drug-likeness (QED) is 0.826. The summed E-state index contributed by atoms with van der Waals surface area (Å²) in [5.74, 6) is 4.39. The summed E-state index contributed by atoms with van der Waals surface area (Å²) in [5.41, 5.74) is 0. The first-order valence-electron chi connectivity index (χ1n) is 7.76. The van der Waals surface area contributed by atoms with Gasteiger partial charge >= 0.3 is 0 Å². The fourth-order valence-corrected chi connectivity index (χ4v) is 3.87. The lowest BCUT2D eigenvalue weighted by atomic mass is 10.1. The highest BCUT2D eigenvalue weighted by Gasteiger charge is 2.32. The molecule has 0 spiro atoms. The Labute approximate surface area is 135 Å². The van der Waals surface area contributed by atoms with Crippen LogP contribution in [0, 0.1) is 5.92 Å². The fraction of sp³-hybridized carbons (Fsp3) is 0.667. The summed E-state index contributed by atoms with van der Waals surface area (Å²) in [6, 6.07) is 1.99. The smallest absolute Gasteiger partial charge is 0.227 e. The minimum absolute atomic E-state index is 0.112. The topological polar surface area (TPSA) is 52.6 Å². The number of carbonyl (C=O) groups is 1. The Morgan fingerprint density at radius 2 is 2.05 bits per heavy atom. The van der Waals surface area contributed by atoms with Gasteiger partial charge in [-0.15, -0.1) is 0 Å². The number of rotatable bonds is 3. The van der Waals surface area contributed by atoms with Gasteiger partial charge in [0, 0.05) is 57.8 Å². The van der Waals surface area contributed by atoms with Crippen molar-refractivity contribution in [1.82, 2.24) is 14.9 Å². The molecule has 0 aromatic carbocycles. The van der Waals surface area contributed by atoms with Crippen LogP contribution in [-0.4, -0.2) is 72.6 Å². The Morgan fingerprint density at radius 3 is 2.77 bits per heavy atom. The van der Waals surface area contributed by atoms with Gasteiger partial charge in [-0.05, 0) is 6.42 Å². The summed E-state index contributed by atoms with van der Waals surface area (Å²) < 4.78 is 0. The SMILES string of the molecule is CN(C)c1cc(N2CCC(C(=O)N3CCSCC3)C2)ncn1. The molecule has 1 atom stereocenters. The molecule has 0 saturated carbocycles. The van der Waals surface area contributed by atoms with Crippen LogP contribution in [0.2, 0.25) is 0 Å². The van der Waals surface area contributed by atoms with E-state index in [0.29, 0.717) is 5.91 Å². The largest absolute Gasteiger partial charge is 0.363 e. The van der Waals surface area contributed by atoms with Crippen molar-refractivity contribution >= 4 is 29.3 Å². The van der Waals surface area contributed by atoms with E-state index in [4.69, 9.17) is 0 Å². The van der Waals surface area contributed by atoms with Gasteiger partial charge in [0.1, 0.15) is 18.0 Å². The molecule has 2 aliphatic heterocycles. The molecule has 0 aliphatic carbocycles. The van der Waals surface area contributed by atoms with Gasteiger partial charge in [0.2, 0.25) is 5.91 Å². The molecule has 2 saturated heterocycles. The molecule has 1 aromatic heterocycles. The lowest BCUT2D eigenvalue weighted by molar-refractivity contribution is -0.134. The molecule has 2 aliphatic rings. The number of hydrogen-bond donors (Lipinski definition) is 0. The standard InChI is InChI=1S/C15H23N5OS/c1-18(2)13-9-14(17-11-16-13)20-4-3-12(10-20)15(21)19-5-7-22-8-6-19/h9,11-12H,3-8,10H2,1-2H3. The van der Waals surface area contributed by atoms with Crippen molar-refractivity contribution < 1.29 is 4.79 Å². The molecule has 22 heavy (non-hydrogen) atoms. The minimum Gasteiger partial charge on any atom is -0.363 e. The van der Waals surface area contributed by atoms with Crippen molar-refractivity contribution in [1.29, 1.82) is 0 Å². The fourth-order valence-electron chi connectivity index (χ4n) is 2.97. The van der Waals surface area contributed by atoms with Gasteiger partial charge in [-0.1, -0.05) is 0 Å². The van der Waals surface area contributed by atoms with Gasteiger partial charge in [0.25, 0.3) is 0 Å². The Balaban J connectivity index is 1.64. The van der Waals surface area contributed by atoms with E-state index in [1.54, 1.807) is 6.33 Å². The molecule has 3 heterocycles. The predicted molar refractivity (Wildman–Crippen MR) is 90.6 cm³/mol. The van der Waals surface area contributed by atoms with Crippen LogP contribution in [0.1, 0.15) is 6.42 Å². The highest BCUT2D eigenvalue weighted by molar-refractivity contribution is 7.99. The zero-order chi connectivity index (χ0) is 15.5. The van der Waals surface area contributed by atoms with E-state index in [1.807, 2.05) is 41.7 Å². The number of carbonyl (C=O) groups excluding carboxylic acids is 1. The van der Waals surface area contributed by atoms with E-state index in [9.17, 15) is 4.79 Å². The summed E-state index contributed by atoms with van der Waals surface area (Å²) in [6.07, 6.45) is 2.52. The van der Waals surface area contributed by atoms with E-state index in [0.717, 1.165) is 55.7 Å². The van der Waals surface area contributed by atoms with Gasteiger partial charge in [0.05, 0.1) is 5.92 Å². The van der Waals surface area contributed by atoms with Crippen molar-refractivity contribution in [3.05, 3.63) is 12.4 Å². The lowest BCUT2D eigenvalue weighted by Gasteiger charge is -2.29. The Morgan fingerprint density at radius 1 is 1.27 bits per heavy atom. The van der Waals surface area contributed by atoms with E-state index in [2.05, 4.69) is 14.9 Å². The average Bonchev–Trinajstić information content (AvgIpc) is 3.05. The van der Waals surface area contributed by atoms with Crippen molar-refractivity contribution in [2.24, 2.45) is 5.92 Å². The summed E-state index contributed by atoms with van der Waals surface area (Å²) in [6.45, 7) is 3.46. The third kappa shape index (κ3) is 3.29. The summed E-state index contributed by atoms with van der Waals surface area (Å²) in [5, 5.41) is 0. The second-order valence-corrected chi connectivity index (χ2v) is 7.22. The van der Waals surface area contributed by atoms with Crippen LogP contribution in [0.4, 0.5) is 11.6 Å². The zero-order valence-corrected chi connectivity index (χ0v) is 14.1. The highest BCUT2D eigenvalue weighted by atomic mass is 32.2. The van der Waals surface area contributed by atoms with E-state index >= 15 is 0 Å². The van der Waals surface area contributed by atoms with E-state index in [-0.39, 0.29) is 5.92 Å². The Bertz CT molecular complexity index is 532. The number of hydrogen-bond acceptors (Lipinski definition) is 6. The molecule has 6 nitrogen and oxygen atoms in total. The van der Waals surface area contributed by atoms with Gasteiger partial charge in [-0.2, -0.15) is 11.8 Å². The monoisotopic (exact) mass is 321 g/mol. The van der Waals surface area contributed by atoms with Crippen LogP contribution in [-0.2, 0) is 4.79 Å². The molecule has 1 aromatic rings. The molecule has 0 bridgehead atoms. The minimum atomic E-state index is 0.112. The predicted octanol–water partition coefficient (Wildman–Crippen LogP) is 0.944. The molecule has 1 amide bonds. The normalized spacial score (nSPS) is 22.0. The summed E-state index contributed by atoms with van der Waals surface area (Å²) in [7, 11) is 3.94. The average molecular weight is 321 g/mol. The number of amides is 1. The first kappa shape index (κ1) is 15.4. The number of anilines is 2. The maximum absolute atomic E-state index is 12.6. The summed E-state index contributed by atoms with van der Waals surface area (Å²) in [4.78, 5) is 27.4. The Hall–Kier alpha value is -1.50. The third-order valence-corrected chi connectivity index (χ3v) is 5.22. The first-order valence-corrected chi connectivity index (χ1v) is 8.91. The van der Waals surface area contributed by atoms with Crippen LogP contribution < -0.4 is 9.80 Å². The zero-order valence-electron chi connectivity index (χ0n) is 13.2. The van der Waals surface area contributed by atoms with Gasteiger partial charge in [-0.3, -0.25) is 4.79 Å². The molecular weight excluding hydrogens is 298 g/mol. The Kier molecular flexibility index (Phi) is 4.71. The second-order valence-electron chi connectivity index (χ2n) is 6.00. The van der Waals surface area contributed by atoms with Crippen LogP contribution in [0.5, 0.6) is 0 Å². The number of thioether (sulfide) groups is 1. The number of aromatic nitrogens is 2. The van der Waals surface area contributed by atoms with Crippen LogP contribution in [0.3, 0.4) is 0 Å². The maximum atomic E-state index is 12.6. The van der Waals surface area contributed by atoms with E-state index < -0.39 is 0 Å². The maximum Gasteiger partial charge on any atom is 0.227 e. The highest BCUT2D eigenvalue weighted by Crippen LogP contribution is 2.26. The van der Waals surface area contributed by atoms with Crippen molar-refractivity contribution in [2.75, 3.05) is 61.6 Å². The van der Waals surface area contributed by atoms with Crippen molar-refractivity contribution in [3.8, 4) is 0 Å². The molecule has 0 radical (unpaired) electrons. The molecule has 7 heteroatoms. The van der Waals surface area contributed by atoms with Gasteiger partial charge in [-0.25, -0.2) is 9.97 Å². The second kappa shape index (κ2) is 6.73.